The average molecular weight is 163 g/mol. The second-order valence-corrected chi connectivity index (χ2v) is 3.48. The highest BCUT2D eigenvalue weighted by atomic mass is 14.6. The zero-order valence-electron chi connectivity index (χ0n) is 7.88. The molecule has 0 aliphatic carbocycles. The van der Waals surface area contributed by atoms with E-state index in [4.69, 9.17) is 5.73 Å². The first kappa shape index (κ1) is 9.27. The first-order valence-corrected chi connectivity index (χ1v) is 4.48. The fraction of sp³-hybridized carbons (Fsp3) is 0.455. The minimum Gasteiger partial charge on any atom is -0.330 e. The molecule has 66 valence electrons. The molecular formula is C11H17N. The second kappa shape index (κ2) is 3.72. The monoisotopic (exact) mass is 163 g/mol. The van der Waals surface area contributed by atoms with Gasteiger partial charge in [-0.2, -0.15) is 0 Å². The van der Waals surface area contributed by atoms with Crippen molar-refractivity contribution in [2.24, 2.45) is 5.73 Å². The number of benzene rings is 1. The van der Waals surface area contributed by atoms with Gasteiger partial charge in [0.05, 0.1) is 0 Å². The van der Waals surface area contributed by atoms with Crippen molar-refractivity contribution in [2.75, 3.05) is 6.54 Å². The molecule has 12 heavy (non-hydrogen) atoms. The summed E-state index contributed by atoms with van der Waals surface area (Å²) in [5.41, 5.74) is 7.25. The Labute approximate surface area is 74.6 Å². The summed E-state index contributed by atoms with van der Waals surface area (Å²) >= 11 is 0. The summed E-state index contributed by atoms with van der Waals surface area (Å²) < 4.78 is 0. The lowest BCUT2D eigenvalue weighted by molar-refractivity contribution is 0.467. The molecule has 0 aromatic heterocycles. The van der Waals surface area contributed by atoms with E-state index in [-0.39, 0.29) is 5.41 Å². The van der Waals surface area contributed by atoms with E-state index in [1.165, 1.54) is 5.56 Å². The highest BCUT2D eigenvalue weighted by molar-refractivity contribution is 5.24. The summed E-state index contributed by atoms with van der Waals surface area (Å²) in [7, 11) is 0. The molecule has 0 amide bonds. The molecule has 1 aromatic rings. The van der Waals surface area contributed by atoms with Crippen LogP contribution < -0.4 is 5.73 Å². The largest absolute Gasteiger partial charge is 0.330 e. The van der Waals surface area contributed by atoms with Gasteiger partial charge in [0.25, 0.3) is 0 Å². The molecule has 1 heteroatoms. The number of nitrogens with two attached hydrogens (primary N) is 1. The fourth-order valence-corrected chi connectivity index (χ4v) is 1.31. The summed E-state index contributed by atoms with van der Waals surface area (Å²) in [4.78, 5) is 0. The van der Waals surface area contributed by atoms with Crippen molar-refractivity contribution in [2.45, 2.75) is 25.7 Å². The van der Waals surface area contributed by atoms with Crippen LogP contribution in [-0.4, -0.2) is 6.54 Å². The Kier molecular flexibility index (Phi) is 2.88. The summed E-state index contributed by atoms with van der Waals surface area (Å²) in [6.07, 6.45) is 1.09. The second-order valence-electron chi connectivity index (χ2n) is 3.48. The quantitative estimate of drug-likeness (QED) is 0.727. The molecule has 0 aliphatic rings. The van der Waals surface area contributed by atoms with Crippen LogP contribution in [0.25, 0.3) is 0 Å². The molecule has 1 rings (SSSR count). The van der Waals surface area contributed by atoms with Crippen LogP contribution in [-0.2, 0) is 5.41 Å². The maximum absolute atomic E-state index is 5.75. The topological polar surface area (TPSA) is 26.0 Å². The lowest BCUT2D eigenvalue weighted by Crippen LogP contribution is -2.30. The predicted molar refractivity (Wildman–Crippen MR) is 53.1 cm³/mol. The molecule has 1 unspecified atom stereocenters. The van der Waals surface area contributed by atoms with Crippen molar-refractivity contribution < 1.29 is 0 Å². The van der Waals surface area contributed by atoms with Gasteiger partial charge in [-0.3, -0.25) is 0 Å². The third-order valence-corrected chi connectivity index (χ3v) is 2.70. The highest BCUT2D eigenvalue weighted by Gasteiger charge is 2.21. The Bertz CT molecular complexity index is 224. The predicted octanol–water partition coefficient (Wildman–Crippen LogP) is 2.31. The van der Waals surface area contributed by atoms with Gasteiger partial charge in [0.2, 0.25) is 0 Å². The summed E-state index contributed by atoms with van der Waals surface area (Å²) in [5.74, 6) is 0. The normalized spacial score (nSPS) is 15.6. The van der Waals surface area contributed by atoms with E-state index in [2.05, 4.69) is 38.1 Å². The first-order chi connectivity index (χ1) is 5.73. The van der Waals surface area contributed by atoms with Crippen molar-refractivity contribution in [1.82, 2.24) is 0 Å². The molecule has 0 spiro atoms. The highest BCUT2D eigenvalue weighted by Crippen LogP contribution is 2.25. The molecule has 0 aliphatic heterocycles. The van der Waals surface area contributed by atoms with Gasteiger partial charge in [0.1, 0.15) is 0 Å². The lowest BCUT2D eigenvalue weighted by atomic mass is 9.80. The van der Waals surface area contributed by atoms with E-state index in [0.29, 0.717) is 6.54 Å². The number of hydrogen-bond donors (Lipinski definition) is 1. The van der Waals surface area contributed by atoms with Crippen LogP contribution in [0.2, 0.25) is 0 Å². The molecular weight excluding hydrogens is 146 g/mol. The fourth-order valence-electron chi connectivity index (χ4n) is 1.31. The third kappa shape index (κ3) is 1.67. The summed E-state index contributed by atoms with van der Waals surface area (Å²) in [5, 5.41) is 0. The average Bonchev–Trinajstić information content (AvgIpc) is 2.18. The van der Waals surface area contributed by atoms with E-state index < -0.39 is 0 Å². The Balaban J connectivity index is 2.95. The van der Waals surface area contributed by atoms with Crippen LogP contribution in [0.5, 0.6) is 0 Å². The molecule has 2 N–H and O–H groups in total. The SMILES string of the molecule is CCC(C)(CN)c1ccccc1. The van der Waals surface area contributed by atoms with E-state index in [9.17, 15) is 0 Å². The van der Waals surface area contributed by atoms with Gasteiger partial charge in [-0.25, -0.2) is 0 Å². The number of hydrogen-bond acceptors (Lipinski definition) is 1. The smallest absolute Gasteiger partial charge is 0.00447 e. The first-order valence-electron chi connectivity index (χ1n) is 4.48. The van der Waals surface area contributed by atoms with Crippen LogP contribution in [0.1, 0.15) is 25.8 Å². The Hall–Kier alpha value is -0.820. The molecule has 0 saturated heterocycles. The van der Waals surface area contributed by atoms with Gasteiger partial charge in [-0.05, 0) is 12.0 Å². The maximum Gasteiger partial charge on any atom is 0.00447 e. The standard InChI is InChI=1S/C11H17N/c1-3-11(2,9-12)10-7-5-4-6-8-10/h4-8H,3,9,12H2,1-2H3. The lowest BCUT2D eigenvalue weighted by Gasteiger charge is -2.26. The van der Waals surface area contributed by atoms with E-state index in [1.807, 2.05) is 6.07 Å². The minimum absolute atomic E-state index is 0.154. The molecule has 0 bridgehead atoms. The van der Waals surface area contributed by atoms with Crippen molar-refractivity contribution in [3.05, 3.63) is 35.9 Å². The summed E-state index contributed by atoms with van der Waals surface area (Å²) in [6.45, 7) is 5.11. The molecule has 0 radical (unpaired) electrons. The minimum atomic E-state index is 0.154. The van der Waals surface area contributed by atoms with Gasteiger partial charge in [0, 0.05) is 12.0 Å². The van der Waals surface area contributed by atoms with Crippen molar-refractivity contribution in [3.8, 4) is 0 Å². The third-order valence-electron chi connectivity index (χ3n) is 2.70. The molecule has 1 nitrogen and oxygen atoms in total. The Morgan fingerprint density at radius 3 is 2.25 bits per heavy atom. The van der Waals surface area contributed by atoms with Gasteiger partial charge in [-0.1, -0.05) is 44.2 Å². The van der Waals surface area contributed by atoms with Crippen molar-refractivity contribution in [3.63, 3.8) is 0 Å². The van der Waals surface area contributed by atoms with Crippen LogP contribution in [0, 0.1) is 0 Å². The Morgan fingerprint density at radius 2 is 1.83 bits per heavy atom. The van der Waals surface area contributed by atoms with Crippen molar-refractivity contribution >= 4 is 0 Å². The van der Waals surface area contributed by atoms with Gasteiger partial charge >= 0.3 is 0 Å². The summed E-state index contributed by atoms with van der Waals surface area (Å²) in [6, 6.07) is 10.5. The van der Waals surface area contributed by atoms with Crippen molar-refractivity contribution in [1.29, 1.82) is 0 Å². The number of rotatable bonds is 3. The van der Waals surface area contributed by atoms with Crippen LogP contribution in [0.4, 0.5) is 0 Å². The Morgan fingerprint density at radius 1 is 1.25 bits per heavy atom. The zero-order chi connectivity index (χ0) is 9.03. The molecule has 0 fully saturated rings. The van der Waals surface area contributed by atoms with Gasteiger partial charge in [-0.15, -0.1) is 0 Å². The van der Waals surface area contributed by atoms with Crippen LogP contribution >= 0.6 is 0 Å². The molecule has 1 atom stereocenters. The van der Waals surface area contributed by atoms with E-state index in [1.54, 1.807) is 0 Å². The van der Waals surface area contributed by atoms with E-state index >= 15 is 0 Å². The van der Waals surface area contributed by atoms with Gasteiger partial charge < -0.3 is 5.73 Å². The van der Waals surface area contributed by atoms with Gasteiger partial charge in [0.15, 0.2) is 0 Å². The maximum atomic E-state index is 5.75. The molecule has 0 heterocycles. The molecule has 0 saturated carbocycles. The van der Waals surface area contributed by atoms with E-state index in [0.717, 1.165) is 6.42 Å². The van der Waals surface area contributed by atoms with Crippen LogP contribution in [0.15, 0.2) is 30.3 Å². The molecule has 1 aromatic carbocycles. The zero-order valence-corrected chi connectivity index (χ0v) is 7.88. The van der Waals surface area contributed by atoms with Crippen LogP contribution in [0.3, 0.4) is 0 Å².